The van der Waals surface area contributed by atoms with Crippen LogP contribution >= 0.6 is 23.4 Å². The van der Waals surface area contributed by atoms with Crippen molar-refractivity contribution in [3.05, 3.63) is 64.0 Å². The van der Waals surface area contributed by atoms with Gasteiger partial charge in [-0.15, -0.1) is 11.8 Å². The van der Waals surface area contributed by atoms with E-state index < -0.39 is 11.8 Å². The Morgan fingerprint density at radius 2 is 2.08 bits per heavy atom. The summed E-state index contributed by atoms with van der Waals surface area (Å²) in [5, 5.41) is 13.8. The molecule has 0 radical (unpaired) electrons. The number of carbonyl (C=O) groups is 1. The standard InChI is InChI=1S/C19H16ClN3O2S/c1-11-16(18(24)23-13-7-5-12(20)6-8-13)17(15-4-3-9-25-15)14(10-21)19(22-11)26-2/h3-9,16-17H,1-2H3,(H,23,24)/t16?,17-/m1/s1. The van der Waals surface area contributed by atoms with Crippen LogP contribution in [0, 0.1) is 17.2 Å². The van der Waals surface area contributed by atoms with Crippen molar-refractivity contribution >= 4 is 40.7 Å². The minimum absolute atomic E-state index is 0.247. The van der Waals surface area contributed by atoms with Crippen LogP contribution in [0.15, 0.2) is 62.7 Å². The molecular formula is C19H16ClN3O2S. The van der Waals surface area contributed by atoms with Gasteiger partial charge in [-0.05, 0) is 49.6 Å². The van der Waals surface area contributed by atoms with Crippen LogP contribution in [-0.4, -0.2) is 17.9 Å². The summed E-state index contributed by atoms with van der Waals surface area (Å²) in [7, 11) is 0. The van der Waals surface area contributed by atoms with Crippen molar-refractivity contribution < 1.29 is 9.21 Å². The zero-order valence-electron chi connectivity index (χ0n) is 14.2. The van der Waals surface area contributed by atoms with Crippen LogP contribution in [0.25, 0.3) is 0 Å². The number of anilines is 1. The summed E-state index contributed by atoms with van der Waals surface area (Å²) in [5.74, 6) is -0.828. The quantitative estimate of drug-likeness (QED) is 0.816. The topological polar surface area (TPSA) is 78.4 Å². The number of nitrogens with zero attached hydrogens (tertiary/aromatic N) is 2. The molecule has 1 N–H and O–H groups in total. The lowest BCUT2D eigenvalue weighted by molar-refractivity contribution is -0.118. The van der Waals surface area contributed by atoms with Crippen LogP contribution in [0.5, 0.6) is 0 Å². The third-order valence-corrected chi connectivity index (χ3v) is 5.11. The van der Waals surface area contributed by atoms with Crippen molar-refractivity contribution in [2.45, 2.75) is 12.8 Å². The highest BCUT2D eigenvalue weighted by molar-refractivity contribution is 8.02. The second kappa shape index (κ2) is 7.81. The molecule has 1 unspecified atom stereocenters. The van der Waals surface area contributed by atoms with Crippen molar-refractivity contribution in [3.63, 3.8) is 0 Å². The number of benzene rings is 1. The van der Waals surface area contributed by atoms with Gasteiger partial charge in [-0.1, -0.05) is 11.6 Å². The lowest BCUT2D eigenvalue weighted by Crippen LogP contribution is -2.36. The predicted octanol–water partition coefficient (Wildman–Crippen LogP) is 4.84. The number of carbonyl (C=O) groups excluding carboxylic acids is 1. The summed E-state index contributed by atoms with van der Waals surface area (Å²) in [6.07, 6.45) is 3.40. The number of hydrogen-bond acceptors (Lipinski definition) is 5. The molecule has 0 saturated heterocycles. The SMILES string of the molecule is CSC1=C(C#N)[C@H](c2ccco2)C(C(=O)Nc2ccc(Cl)cc2)C(C)=N1. The lowest BCUT2D eigenvalue weighted by atomic mass is 9.79. The predicted molar refractivity (Wildman–Crippen MR) is 104 cm³/mol. The normalized spacial score (nSPS) is 19.7. The van der Waals surface area contributed by atoms with E-state index in [9.17, 15) is 10.1 Å². The van der Waals surface area contributed by atoms with Crippen molar-refractivity contribution in [3.8, 4) is 6.07 Å². The van der Waals surface area contributed by atoms with Gasteiger partial charge in [0.15, 0.2) is 0 Å². The first-order valence-corrected chi connectivity index (χ1v) is 9.48. The summed E-state index contributed by atoms with van der Waals surface area (Å²) in [5.41, 5.74) is 1.71. The van der Waals surface area contributed by atoms with E-state index in [1.54, 1.807) is 49.6 Å². The van der Waals surface area contributed by atoms with E-state index in [0.717, 1.165) is 0 Å². The zero-order valence-corrected chi connectivity index (χ0v) is 15.8. The van der Waals surface area contributed by atoms with Gasteiger partial charge < -0.3 is 9.73 Å². The Balaban J connectivity index is 1.99. The van der Waals surface area contributed by atoms with Gasteiger partial charge >= 0.3 is 0 Å². The monoisotopic (exact) mass is 385 g/mol. The zero-order chi connectivity index (χ0) is 18.7. The van der Waals surface area contributed by atoms with Crippen LogP contribution in [-0.2, 0) is 4.79 Å². The fourth-order valence-corrected chi connectivity index (χ4v) is 3.73. The highest BCUT2D eigenvalue weighted by atomic mass is 35.5. The number of nitriles is 1. The van der Waals surface area contributed by atoms with Gasteiger partial charge in [-0.3, -0.25) is 4.79 Å². The molecule has 2 atom stereocenters. The first-order chi connectivity index (χ1) is 12.5. The number of rotatable bonds is 4. The molecule has 26 heavy (non-hydrogen) atoms. The minimum atomic E-state index is -0.637. The number of hydrogen-bond donors (Lipinski definition) is 1. The molecule has 132 valence electrons. The van der Waals surface area contributed by atoms with Gasteiger partial charge in [0.1, 0.15) is 10.8 Å². The van der Waals surface area contributed by atoms with Crippen LogP contribution < -0.4 is 5.32 Å². The number of nitrogens with one attached hydrogen (secondary N) is 1. The molecule has 0 bridgehead atoms. The molecule has 0 saturated carbocycles. The average Bonchev–Trinajstić information content (AvgIpc) is 3.16. The largest absolute Gasteiger partial charge is 0.469 e. The molecule has 1 aliphatic heterocycles. The molecule has 5 nitrogen and oxygen atoms in total. The summed E-state index contributed by atoms with van der Waals surface area (Å²) in [6, 6.07) is 12.6. The van der Waals surface area contributed by atoms with Crippen molar-refractivity contribution in [2.75, 3.05) is 11.6 Å². The van der Waals surface area contributed by atoms with Crippen LogP contribution in [0.1, 0.15) is 18.6 Å². The van der Waals surface area contributed by atoms with E-state index in [1.165, 1.54) is 11.8 Å². The number of allylic oxidation sites excluding steroid dienone is 1. The smallest absolute Gasteiger partial charge is 0.234 e. The van der Waals surface area contributed by atoms with Gasteiger partial charge in [-0.2, -0.15) is 5.26 Å². The third-order valence-electron chi connectivity index (χ3n) is 4.16. The van der Waals surface area contributed by atoms with E-state index in [1.807, 2.05) is 6.26 Å². The molecule has 1 aromatic heterocycles. The molecule has 1 aliphatic rings. The first-order valence-electron chi connectivity index (χ1n) is 7.88. The Labute approximate surface area is 160 Å². The van der Waals surface area contributed by atoms with Crippen molar-refractivity contribution in [2.24, 2.45) is 10.9 Å². The maximum Gasteiger partial charge on any atom is 0.234 e. The molecule has 0 spiro atoms. The molecule has 0 aliphatic carbocycles. The van der Waals surface area contributed by atoms with Crippen molar-refractivity contribution in [1.29, 1.82) is 5.26 Å². The Kier molecular flexibility index (Phi) is 5.50. The molecule has 7 heteroatoms. The number of halogens is 1. The van der Waals surface area contributed by atoms with Crippen LogP contribution in [0.2, 0.25) is 5.02 Å². The van der Waals surface area contributed by atoms with Gasteiger partial charge in [0, 0.05) is 16.4 Å². The van der Waals surface area contributed by atoms with E-state index >= 15 is 0 Å². The Morgan fingerprint density at radius 1 is 1.35 bits per heavy atom. The molecule has 2 heterocycles. The van der Waals surface area contributed by atoms with E-state index in [0.29, 0.717) is 32.8 Å². The highest BCUT2D eigenvalue weighted by Crippen LogP contribution is 2.41. The number of aliphatic imine (C=N–C) groups is 1. The average molecular weight is 386 g/mol. The number of amides is 1. The molecule has 2 aromatic rings. The number of thioether (sulfide) groups is 1. The molecule has 1 amide bonds. The first kappa shape index (κ1) is 18.3. The Bertz CT molecular complexity index is 911. The van der Waals surface area contributed by atoms with E-state index in [2.05, 4.69) is 16.4 Å². The summed E-state index contributed by atoms with van der Waals surface area (Å²) >= 11 is 7.28. The Hall–Kier alpha value is -2.49. The van der Waals surface area contributed by atoms with Gasteiger partial charge in [-0.25, -0.2) is 4.99 Å². The maximum atomic E-state index is 13.0. The maximum absolute atomic E-state index is 13.0. The van der Waals surface area contributed by atoms with Gasteiger partial charge in [0.25, 0.3) is 0 Å². The van der Waals surface area contributed by atoms with Gasteiger partial charge in [0.2, 0.25) is 5.91 Å². The highest BCUT2D eigenvalue weighted by Gasteiger charge is 2.40. The van der Waals surface area contributed by atoms with Crippen molar-refractivity contribution in [1.82, 2.24) is 0 Å². The van der Waals surface area contributed by atoms with Crippen LogP contribution in [0.4, 0.5) is 5.69 Å². The molecule has 3 rings (SSSR count). The third kappa shape index (κ3) is 3.55. The molecular weight excluding hydrogens is 370 g/mol. The second-order valence-corrected chi connectivity index (χ2v) is 6.99. The van der Waals surface area contributed by atoms with E-state index in [-0.39, 0.29) is 5.91 Å². The molecule has 1 aromatic carbocycles. The van der Waals surface area contributed by atoms with Gasteiger partial charge in [0.05, 0.1) is 29.7 Å². The summed E-state index contributed by atoms with van der Waals surface area (Å²) in [4.78, 5) is 17.5. The van der Waals surface area contributed by atoms with Crippen LogP contribution in [0.3, 0.4) is 0 Å². The fraction of sp³-hybridized carbons (Fsp3) is 0.211. The lowest BCUT2D eigenvalue weighted by Gasteiger charge is -2.29. The number of furan rings is 1. The second-order valence-electron chi connectivity index (χ2n) is 5.75. The molecule has 0 fully saturated rings. The fourth-order valence-electron chi connectivity index (χ4n) is 2.97. The summed E-state index contributed by atoms with van der Waals surface area (Å²) < 4.78 is 5.55. The Morgan fingerprint density at radius 3 is 2.65 bits per heavy atom. The minimum Gasteiger partial charge on any atom is -0.469 e. The van der Waals surface area contributed by atoms with E-state index in [4.69, 9.17) is 16.0 Å². The summed E-state index contributed by atoms with van der Waals surface area (Å²) in [6.45, 7) is 1.80.